The molecule has 0 saturated heterocycles. The molecule has 0 spiro atoms. The van der Waals surface area contributed by atoms with Crippen LogP contribution in [-0.2, 0) is 4.74 Å². The van der Waals surface area contributed by atoms with E-state index in [4.69, 9.17) is 14.2 Å². The number of hydrogen-bond acceptors (Lipinski definition) is 5. The van der Waals surface area contributed by atoms with Gasteiger partial charge >= 0.3 is 5.97 Å². The minimum absolute atomic E-state index is 0.143. The van der Waals surface area contributed by atoms with Crippen LogP contribution in [0.25, 0.3) is 0 Å². The van der Waals surface area contributed by atoms with Gasteiger partial charge in [-0.1, -0.05) is 0 Å². The number of esters is 1. The normalized spacial score (nSPS) is 11.6. The second kappa shape index (κ2) is 8.84. The molecule has 0 fully saturated rings. The van der Waals surface area contributed by atoms with Crippen LogP contribution in [0.4, 0.5) is 0 Å². The number of rotatable bonds is 8. The molecule has 0 aliphatic rings. The zero-order valence-corrected chi connectivity index (χ0v) is 13.7. The number of methoxy groups -OCH3 is 1. The SMILES string of the molecule is COC(C)CCOc1ccc(C(=O)Oc2ccc(C=O)cc2)cc1. The maximum absolute atomic E-state index is 12.1. The minimum atomic E-state index is -0.464. The fraction of sp³-hybridized carbons (Fsp3) is 0.263. The van der Waals surface area contributed by atoms with Crippen LogP contribution in [0.1, 0.15) is 34.1 Å². The summed E-state index contributed by atoms with van der Waals surface area (Å²) in [5.74, 6) is 0.609. The van der Waals surface area contributed by atoms with Gasteiger partial charge in [0.1, 0.15) is 17.8 Å². The van der Waals surface area contributed by atoms with Gasteiger partial charge in [-0.05, 0) is 55.5 Å². The molecule has 0 bridgehead atoms. The number of aldehydes is 1. The van der Waals surface area contributed by atoms with Crippen molar-refractivity contribution in [2.45, 2.75) is 19.4 Å². The predicted molar refractivity (Wildman–Crippen MR) is 89.8 cm³/mol. The van der Waals surface area contributed by atoms with E-state index in [1.165, 1.54) is 0 Å². The first-order valence-electron chi connectivity index (χ1n) is 7.65. The summed E-state index contributed by atoms with van der Waals surface area (Å²) in [5, 5.41) is 0. The van der Waals surface area contributed by atoms with E-state index in [0.717, 1.165) is 12.7 Å². The van der Waals surface area contributed by atoms with Gasteiger partial charge in [-0.3, -0.25) is 4.79 Å². The summed E-state index contributed by atoms with van der Waals surface area (Å²) in [5.41, 5.74) is 0.950. The molecule has 5 nitrogen and oxygen atoms in total. The summed E-state index contributed by atoms with van der Waals surface area (Å²) in [7, 11) is 1.66. The average Bonchev–Trinajstić information content (AvgIpc) is 2.62. The molecule has 0 aromatic heterocycles. The molecule has 0 N–H and O–H groups in total. The highest BCUT2D eigenvalue weighted by Crippen LogP contribution is 2.16. The summed E-state index contributed by atoms with van der Waals surface area (Å²) in [6.07, 6.45) is 1.67. The van der Waals surface area contributed by atoms with Crippen molar-refractivity contribution in [1.29, 1.82) is 0 Å². The van der Waals surface area contributed by atoms with Crippen LogP contribution in [0.2, 0.25) is 0 Å². The summed E-state index contributed by atoms with van der Waals surface area (Å²) in [6, 6.07) is 13.1. The lowest BCUT2D eigenvalue weighted by Crippen LogP contribution is -2.11. The lowest BCUT2D eigenvalue weighted by atomic mass is 10.2. The van der Waals surface area contributed by atoms with E-state index in [1.54, 1.807) is 55.6 Å². The number of carbonyl (C=O) groups is 2. The van der Waals surface area contributed by atoms with E-state index in [9.17, 15) is 9.59 Å². The third-order valence-electron chi connectivity index (χ3n) is 3.51. The van der Waals surface area contributed by atoms with Crippen LogP contribution in [0.3, 0.4) is 0 Å². The Kier molecular flexibility index (Phi) is 6.51. The largest absolute Gasteiger partial charge is 0.493 e. The van der Waals surface area contributed by atoms with E-state index in [2.05, 4.69) is 0 Å². The van der Waals surface area contributed by atoms with Gasteiger partial charge in [0.2, 0.25) is 0 Å². The highest BCUT2D eigenvalue weighted by molar-refractivity contribution is 5.91. The highest BCUT2D eigenvalue weighted by Gasteiger charge is 2.09. The first-order valence-corrected chi connectivity index (χ1v) is 7.65. The molecule has 1 unspecified atom stereocenters. The van der Waals surface area contributed by atoms with Gasteiger partial charge in [-0.2, -0.15) is 0 Å². The summed E-state index contributed by atoms with van der Waals surface area (Å²) < 4.78 is 16.0. The van der Waals surface area contributed by atoms with Gasteiger partial charge in [0, 0.05) is 19.1 Å². The zero-order valence-electron chi connectivity index (χ0n) is 13.7. The fourth-order valence-electron chi connectivity index (χ4n) is 1.93. The van der Waals surface area contributed by atoms with Crippen molar-refractivity contribution in [3.05, 3.63) is 59.7 Å². The first kappa shape index (κ1) is 17.7. The van der Waals surface area contributed by atoms with Gasteiger partial charge in [0.25, 0.3) is 0 Å². The van der Waals surface area contributed by atoms with Crippen molar-refractivity contribution in [3.63, 3.8) is 0 Å². The Morgan fingerprint density at radius 1 is 1.04 bits per heavy atom. The first-order chi connectivity index (χ1) is 11.6. The van der Waals surface area contributed by atoms with Gasteiger partial charge in [-0.15, -0.1) is 0 Å². The topological polar surface area (TPSA) is 61.8 Å². The van der Waals surface area contributed by atoms with Gasteiger partial charge in [0.15, 0.2) is 0 Å². The number of benzene rings is 2. The van der Waals surface area contributed by atoms with Crippen molar-refractivity contribution in [3.8, 4) is 11.5 Å². The summed E-state index contributed by atoms with van der Waals surface area (Å²) in [4.78, 5) is 22.7. The van der Waals surface area contributed by atoms with Crippen LogP contribution in [0, 0.1) is 0 Å². The molecule has 0 aliphatic heterocycles. The quantitative estimate of drug-likeness (QED) is 0.421. The van der Waals surface area contributed by atoms with Gasteiger partial charge in [0.05, 0.1) is 18.3 Å². The molecular formula is C19H20O5. The molecule has 0 amide bonds. The van der Waals surface area contributed by atoms with Crippen molar-refractivity contribution in [2.75, 3.05) is 13.7 Å². The Morgan fingerprint density at radius 2 is 1.67 bits per heavy atom. The minimum Gasteiger partial charge on any atom is -0.493 e. The second-order valence-electron chi connectivity index (χ2n) is 5.28. The average molecular weight is 328 g/mol. The smallest absolute Gasteiger partial charge is 0.343 e. The molecule has 0 aliphatic carbocycles. The predicted octanol–water partition coefficient (Wildman–Crippen LogP) is 3.52. The molecule has 2 aromatic carbocycles. The molecule has 0 radical (unpaired) electrons. The molecule has 2 rings (SSSR count). The molecule has 0 heterocycles. The molecule has 126 valence electrons. The Labute approximate surface area is 141 Å². The maximum atomic E-state index is 12.1. The molecule has 24 heavy (non-hydrogen) atoms. The Bertz CT molecular complexity index is 661. The van der Waals surface area contributed by atoms with Crippen molar-refractivity contribution < 1.29 is 23.8 Å². The van der Waals surface area contributed by atoms with E-state index >= 15 is 0 Å². The van der Waals surface area contributed by atoms with E-state index in [0.29, 0.717) is 29.2 Å². The monoisotopic (exact) mass is 328 g/mol. The summed E-state index contributed by atoms with van der Waals surface area (Å²) >= 11 is 0. The van der Waals surface area contributed by atoms with Crippen LogP contribution in [0.15, 0.2) is 48.5 Å². The standard InChI is InChI=1S/C19H20O5/c1-14(22-2)11-12-23-17-9-5-16(6-10-17)19(21)24-18-7-3-15(13-20)4-8-18/h3-10,13-14H,11-12H2,1-2H3. The van der Waals surface area contributed by atoms with E-state index in [1.807, 2.05) is 6.92 Å². The molecule has 2 aromatic rings. The van der Waals surface area contributed by atoms with E-state index < -0.39 is 5.97 Å². The number of ether oxygens (including phenoxy) is 3. The van der Waals surface area contributed by atoms with Crippen LogP contribution in [0.5, 0.6) is 11.5 Å². The van der Waals surface area contributed by atoms with Crippen LogP contribution >= 0.6 is 0 Å². The van der Waals surface area contributed by atoms with Gasteiger partial charge < -0.3 is 14.2 Å². The highest BCUT2D eigenvalue weighted by atomic mass is 16.5. The lowest BCUT2D eigenvalue weighted by Gasteiger charge is -2.11. The van der Waals surface area contributed by atoms with Gasteiger partial charge in [-0.25, -0.2) is 4.79 Å². The van der Waals surface area contributed by atoms with Crippen LogP contribution < -0.4 is 9.47 Å². The Hall–Kier alpha value is -2.66. The lowest BCUT2D eigenvalue weighted by molar-refractivity contribution is 0.0734. The Morgan fingerprint density at radius 3 is 2.25 bits per heavy atom. The number of carbonyl (C=O) groups excluding carboxylic acids is 2. The summed E-state index contributed by atoms with van der Waals surface area (Å²) in [6.45, 7) is 2.52. The fourth-order valence-corrected chi connectivity index (χ4v) is 1.93. The third-order valence-corrected chi connectivity index (χ3v) is 3.51. The molecule has 5 heteroatoms. The maximum Gasteiger partial charge on any atom is 0.343 e. The van der Waals surface area contributed by atoms with Crippen molar-refractivity contribution in [1.82, 2.24) is 0 Å². The second-order valence-corrected chi connectivity index (χ2v) is 5.28. The third kappa shape index (κ3) is 5.21. The zero-order chi connectivity index (χ0) is 17.4. The molecule has 1 atom stereocenters. The van der Waals surface area contributed by atoms with Crippen molar-refractivity contribution in [2.24, 2.45) is 0 Å². The van der Waals surface area contributed by atoms with Crippen LogP contribution in [-0.4, -0.2) is 32.1 Å². The molecular weight excluding hydrogens is 308 g/mol. The number of hydrogen-bond donors (Lipinski definition) is 0. The van der Waals surface area contributed by atoms with Crippen molar-refractivity contribution >= 4 is 12.3 Å². The Balaban J connectivity index is 1.89. The van der Waals surface area contributed by atoms with E-state index in [-0.39, 0.29) is 6.10 Å². The molecule has 0 saturated carbocycles.